The molecule has 38 valence electrons. The topological polar surface area (TPSA) is 0 Å². The largest absolute Gasteiger partial charge is 0.107 e. The van der Waals surface area contributed by atoms with Crippen LogP contribution in [-0.2, 0) is 0 Å². The van der Waals surface area contributed by atoms with Crippen LogP contribution in [0, 0.1) is 0 Å². The van der Waals surface area contributed by atoms with Gasteiger partial charge in [0.25, 0.3) is 0 Å². The third-order valence-corrected chi connectivity index (χ3v) is 3.02. The molecule has 0 aromatic rings. The van der Waals surface area contributed by atoms with Gasteiger partial charge in [-0.2, -0.15) is 0 Å². The highest BCUT2D eigenvalue weighted by Gasteiger charge is 2.01. The Bertz CT molecular complexity index is 29.8. The molecule has 0 aromatic carbocycles. The van der Waals surface area contributed by atoms with Gasteiger partial charge in [-0.15, -0.1) is 23.2 Å². The van der Waals surface area contributed by atoms with E-state index in [1.54, 1.807) is 0 Å². The van der Waals surface area contributed by atoms with Crippen LogP contribution >= 0.6 is 23.2 Å². The molecule has 0 radical (unpaired) electrons. The highest BCUT2D eigenvalue weighted by Crippen LogP contribution is 2.14. The van der Waals surface area contributed by atoms with Gasteiger partial charge in [-0.05, 0) is 5.54 Å². The summed E-state index contributed by atoms with van der Waals surface area (Å²) in [7, 11) is 1.09. The van der Waals surface area contributed by atoms with Crippen molar-refractivity contribution in [3.63, 3.8) is 0 Å². The predicted octanol–water partition coefficient (Wildman–Crippen LogP) is 0.964. The fraction of sp³-hybridized carbons (Fsp3) is 1.00. The van der Waals surface area contributed by atoms with Crippen LogP contribution in [0.25, 0.3) is 0 Å². The van der Waals surface area contributed by atoms with Crippen molar-refractivity contribution >= 4 is 33.4 Å². The van der Waals surface area contributed by atoms with E-state index in [1.165, 1.54) is 0 Å². The highest BCUT2D eigenvalue weighted by atomic mass is 35.5. The zero-order chi connectivity index (χ0) is 5.15. The lowest BCUT2D eigenvalue weighted by molar-refractivity contribution is 1.03. The maximum atomic E-state index is 5.41. The average Bonchev–Trinajstić information content (AvgIpc) is 1.36. The van der Waals surface area contributed by atoms with Crippen LogP contribution in [0.1, 0.15) is 6.92 Å². The van der Waals surface area contributed by atoms with Crippen molar-refractivity contribution in [1.82, 2.24) is 0 Å². The van der Waals surface area contributed by atoms with E-state index in [-0.39, 0.29) is 4.84 Å². The van der Waals surface area contributed by atoms with E-state index < -0.39 is 0 Å². The van der Waals surface area contributed by atoms with Crippen molar-refractivity contribution in [1.29, 1.82) is 0 Å². The van der Waals surface area contributed by atoms with Gasteiger partial charge in [0, 0.05) is 10.2 Å². The minimum atomic E-state index is -0.142. The molecule has 0 aliphatic rings. The molecule has 0 saturated heterocycles. The summed E-state index contributed by atoms with van der Waals surface area (Å²) in [5.41, 5.74) is 0.522. The Morgan fingerprint density at radius 3 is 1.67 bits per heavy atom. The van der Waals surface area contributed by atoms with Crippen molar-refractivity contribution in [2.45, 2.75) is 17.3 Å². The molecule has 0 aliphatic heterocycles. The molecule has 1 unspecified atom stereocenters. The first-order valence-electron chi connectivity index (χ1n) is 1.92. The van der Waals surface area contributed by atoms with Gasteiger partial charge in [0.2, 0.25) is 0 Å². The molecule has 0 heterocycles. The molecule has 0 amide bonds. The normalized spacial score (nSPS) is 16.0. The van der Waals surface area contributed by atoms with Gasteiger partial charge >= 0.3 is 0 Å². The van der Waals surface area contributed by atoms with E-state index in [4.69, 9.17) is 23.2 Å². The standard InChI is InChI=1S/C3H8Cl2Si/c1-2(6)3(4)5/h2-3H,1,6H3. The van der Waals surface area contributed by atoms with Crippen molar-refractivity contribution in [2.75, 3.05) is 0 Å². The van der Waals surface area contributed by atoms with Gasteiger partial charge < -0.3 is 0 Å². The van der Waals surface area contributed by atoms with Crippen LogP contribution in [0.2, 0.25) is 5.54 Å². The van der Waals surface area contributed by atoms with Crippen LogP contribution in [0.5, 0.6) is 0 Å². The van der Waals surface area contributed by atoms with Crippen molar-refractivity contribution in [3.05, 3.63) is 0 Å². The van der Waals surface area contributed by atoms with E-state index in [2.05, 4.69) is 0 Å². The zero-order valence-corrected chi connectivity index (χ0v) is 7.42. The Morgan fingerprint density at radius 2 is 1.67 bits per heavy atom. The molecule has 0 spiro atoms. The number of hydrogen-bond acceptors (Lipinski definition) is 0. The Hall–Kier alpha value is 0.797. The maximum absolute atomic E-state index is 5.41. The fourth-order valence-electron chi connectivity index (χ4n) is 0. The van der Waals surface area contributed by atoms with Gasteiger partial charge in [-0.25, -0.2) is 0 Å². The smallest absolute Gasteiger partial charge is 0.105 e. The average molecular weight is 143 g/mol. The minimum absolute atomic E-state index is 0.142. The van der Waals surface area contributed by atoms with Crippen LogP contribution in [0.15, 0.2) is 0 Å². The van der Waals surface area contributed by atoms with Gasteiger partial charge in [0.05, 0.1) is 0 Å². The Labute approximate surface area is 51.2 Å². The predicted molar refractivity (Wildman–Crippen MR) is 34.9 cm³/mol. The molecule has 0 rings (SSSR count). The summed E-state index contributed by atoms with van der Waals surface area (Å²) in [6.45, 7) is 2.04. The summed E-state index contributed by atoms with van der Waals surface area (Å²) in [4.78, 5) is -0.142. The molecule has 6 heavy (non-hydrogen) atoms. The minimum Gasteiger partial charge on any atom is -0.105 e. The summed E-state index contributed by atoms with van der Waals surface area (Å²) in [6, 6.07) is 0. The third-order valence-electron chi connectivity index (χ3n) is 0.504. The quantitative estimate of drug-likeness (QED) is 0.379. The zero-order valence-electron chi connectivity index (χ0n) is 3.91. The fourth-order valence-corrected chi connectivity index (χ4v) is 0. The Morgan fingerprint density at radius 1 is 1.50 bits per heavy atom. The lowest BCUT2D eigenvalue weighted by Gasteiger charge is -2.00. The monoisotopic (exact) mass is 142 g/mol. The second-order valence-corrected chi connectivity index (χ2v) is 4.56. The highest BCUT2D eigenvalue weighted by molar-refractivity contribution is 6.47. The molecule has 0 bridgehead atoms. The first-order valence-corrected chi connectivity index (χ1v) is 3.95. The van der Waals surface area contributed by atoms with Crippen LogP contribution < -0.4 is 0 Å². The summed E-state index contributed by atoms with van der Waals surface area (Å²) in [6.07, 6.45) is 0. The Kier molecular flexibility index (Phi) is 3.27. The first-order chi connectivity index (χ1) is 2.64. The molecule has 1 atom stereocenters. The van der Waals surface area contributed by atoms with Crippen LogP contribution in [0.4, 0.5) is 0 Å². The van der Waals surface area contributed by atoms with E-state index in [9.17, 15) is 0 Å². The van der Waals surface area contributed by atoms with Crippen LogP contribution in [0.3, 0.4) is 0 Å². The lowest BCUT2D eigenvalue weighted by atomic mass is 10.5. The van der Waals surface area contributed by atoms with E-state index in [0.717, 1.165) is 10.2 Å². The SMILES string of the molecule is CC([SiH3])C(Cl)Cl. The third kappa shape index (κ3) is 3.01. The van der Waals surface area contributed by atoms with Gasteiger partial charge in [-0.1, -0.05) is 6.92 Å². The second kappa shape index (κ2) is 2.89. The number of rotatable bonds is 1. The van der Waals surface area contributed by atoms with Crippen LogP contribution in [-0.4, -0.2) is 15.1 Å². The molecule has 0 aromatic heterocycles. The van der Waals surface area contributed by atoms with E-state index in [1.807, 2.05) is 6.92 Å². The lowest BCUT2D eigenvalue weighted by Crippen LogP contribution is -1.94. The Balaban J connectivity index is 2.99. The van der Waals surface area contributed by atoms with Crippen molar-refractivity contribution < 1.29 is 0 Å². The summed E-state index contributed by atoms with van der Waals surface area (Å²) in [5, 5.41) is 0. The first kappa shape index (κ1) is 6.80. The van der Waals surface area contributed by atoms with Crippen molar-refractivity contribution in [2.24, 2.45) is 0 Å². The van der Waals surface area contributed by atoms with Gasteiger partial charge in [0.1, 0.15) is 4.84 Å². The van der Waals surface area contributed by atoms with Crippen molar-refractivity contribution in [3.8, 4) is 0 Å². The summed E-state index contributed by atoms with van der Waals surface area (Å²) >= 11 is 10.8. The molecular weight excluding hydrogens is 135 g/mol. The second-order valence-electron chi connectivity index (χ2n) is 1.58. The molecule has 0 fully saturated rings. The summed E-state index contributed by atoms with van der Waals surface area (Å²) < 4.78 is 0. The summed E-state index contributed by atoms with van der Waals surface area (Å²) in [5.74, 6) is 0. The molecule has 0 aliphatic carbocycles. The molecular formula is C3H8Cl2Si. The van der Waals surface area contributed by atoms with E-state index in [0.29, 0.717) is 5.54 Å². The van der Waals surface area contributed by atoms with Gasteiger partial charge in [-0.3, -0.25) is 0 Å². The van der Waals surface area contributed by atoms with E-state index >= 15 is 0 Å². The van der Waals surface area contributed by atoms with Gasteiger partial charge in [0.15, 0.2) is 0 Å². The maximum Gasteiger partial charge on any atom is 0.107 e. The molecule has 0 nitrogen and oxygen atoms in total. The number of hydrogen-bond donors (Lipinski definition) is 0. The number of alkyl halides is 2. The molecule has 3 heteroatoms. The molecule has 0 saturated carbocycles. The molecule has 0 N–H and O–H groups in total. The number of halogens is 2.